The summed E-state index contributed by atoms with van der Waals surface area (Å²) in [5.74, 6) is 0.792. The number of hydrogen-bond donors (Lipinski definition) is 1. The molecular weight excluding hydrogens is 228 g/mol. The molecule has 1 fully saturated rings. The van der Waals surface area contributed by atoms with Crippen molar-refractivity contribution in [3.8, 4) is 11.4 Å². The molecule has 1 N–H and O–H groups in total. The van der Waals surface area contributed by atoms with E-state index in [0.717, 1.165) is 31.5 Å². The average Bonchev–Trinajstić information content (AvgIpc) is 3.11. The van der Waals surface area contributed by atoms with E-state index in [0.29, 0.717) is 11.4 Å². The van der Waals surface area contributed by atoms with Crippen LogP contribution in [0.25, 0.3) is 11.4 Å². The van der Waals surface area contributed by atoms with Crippen molar-refractivity contribution in [3.05, 3.63) is 36.2 Å². The summed E-state index contributed by atoms with van der Waals surface area (Å²) in [5.41, 5.74) is 1.60. The van der Waals surface area contributed by atoms with E-state index >= 15 is 0 Å². The Kier molecular flexibility index (Phi) is 2.80. The third-order valence-corrected chi connectivity index (χ3v) is 3.19. The highest BCUT2D eigenvalue weighted by atomic mass is 16.2. The normalized spacial score (nSPS) is 15.0. The molecule has 0 spiro atoms. The zero-order valence-corrected chi connectivity index (χ0v) is 9.97. The van der Waals surface area contributed by atoms with Crippen molar-refractivity contribution in [2.45, 2.75) is 12.8 Å². The number of aromatic amines is 1. The fourth-order valence-corrected chi connectivity index (χ4v) is 2.25. The van der Waals surface area contributed by atoms with E-state index < -0.39 is 0 Å². The molecule has 1 aliphatic heterocycles. The first kappa shape index (κ1) is 11.0. The van der Waals surface area contributed by atoms with Crippen molar-refractivity contribution in [1.29, 1.82) is 0 Å². The second kappa shape index (κ2) is 4.60. The molecule has 1 aromatic heterocycles. The number of hydrogen-bond acceptors (Lipinski definition) is 3. The number of amides is 1. The minimum Gasteiger partial charge on any atom is -0.339 e. The summed E-state index contributed by atoms with van der Waals surface area (Å²) in [7, 11) is 0. The van der Waals surface area contributed by atoms with Crippen LogP contribution >= 0.6 is 0 Å². The highest BCUT2D eigenvalue weighted by Gasteiger charge is 2.19. The van der Waals surface area contributed by atoms with Crippen LogP contribution in [-0.4, -0.2) is 39.1 Å². The van der Waals surface area contributed by atoms with Crippen LogP contribution in [0.2, 0.25) is 0 Å². The zero-order valence-electron chi connectivity index (χ0n) is 9.97. The van der Waals surface area contributed by atoms with Gasteiger partial charge in [-0.1, -0.05) is 12.1 Å². The van der Waals surface area contributed by atoms with E-state index in [9.17, 15) is 4.79 Å². The molecular formula is C13H14N4O. The summed E-state index contributed by atoms with van der Waals surface area (Å²) in [4.78, 5) is 18.2. The number of rotatable bonds is 2. The van der Waals surface area contributed by atoms with E-state index in [4.69, 9.17) is 0 Å². The Morgan fingerprint density at radius 1 is 1.28 bits per heavy atom. The number of likely N-dealkylation sites (tertiary alicyclic amines) is 1. The van der Waals surface area contributed by atoms with Crippen molar-refractivity contribution in [3.63, 3.8) is 0 Å². The van der Waals surface area contributed by atoms with Crippen molar-refractivity contribution in [1.82, 2.24) is 20.1 Å². The van der Waals surface area contributed by atoms with Gasteiger partial charge in [0.1, 0.15) is 6.33 Å². The fourth-order valence-electron chi connectivity index (χ4n) is 2.25. The molecule has 18 heavy (non-hydrogen) atoms. The van der Waals surface area contributed by atoms with Gasteiger partial charge in [0.25, 0.3) is 5.91 Å². The molecule has 0 radical (unpaired) electrons. The van der Waals surface area contributed by atoms with Crippen LogP contribution in [0.3, 0.4) is 0 Å². The van der Waals surface area contributed by atoms with E-state index in [1.54, 1.807) is 0 Å². The third-order valence-electron chi connectivity index (χ3n) is 3.19. The molecule has 0 atom stereocenters. The first-order valence-corrected chi connectivity index (χ1v) is 6.10. The predicted molar refractivity (Wildman–Crippen MR) is 67.0 cm³/mol. The van der Waals surface area contributed by atoms with Gasteiger partial charge in [0, 0.05) is 24.2 Å². The average molecular weight is 242 g/mol. The number of benzene rings is 1. The van der Waals surface area contributed by atoms with Gasteiger partial charge in [-0.2, -0.15) is 5.10 Å². The highest BCUT2D eigenvalue weighted by molar-refractivity contribution is 5.95. The Morgan fingerprint density at radius 2 is 2.11 bits per heavy atom. The van der Waals surface area contributed by atoms with Crippen molar-refractivity contribution in [2.75, 3.05) is 13.1 Å². The SMILES string of the molecule is O=C(c1cccc(-c2ncn[nH]2)c1)N1CCCC1. The summed E-state index contributed by atoms with van der Waals surface area (Å²) in [6, 6.07) is 7.50. The molecule has 0 unspecified atom stereocenters. The Bertz CT molecular complexity index is 544. The molecule has 3 rings (SSSR count). The maximum Gasteiger partial charge on any atom is 0.253 e. The quantitative estimate of drug-likeness (QED) is 0.872. The Morgan fingerprint density at radius 3 is 2.83 bits per heavy atom. The van der Waals surface area contributed by atoms with Gasteiger partial charge in [-0.3, -0.25) is 9.89 Å². The molecule has 92 valence electrons. The first-order chi connectivity index (χ1) is 8.84. The number of nitrogens with one attached hydrogen (secondary N) is 1. The topological polar surface area (TPSA) is 61.9 Å². The second-order valence-corrected chi connectivity index (χ2v) is 4.41. The van der Waals surface area contributed by atoms with Crippen LogP contribution < -0.4 is 0 Å². The molecule has 0 bridgehead atoms. The summed E-state index contributed by atoms with van der Waals surface area (Å²) in [5, 5.41) is 6.62. The number of carbonyl (C=O) groups is 1. The lowest BCUT2D eigenvalue weighted by molar-refractivity contribution is 0.0793. The second-order valence-electron chi connectivity index (χ2n) is 4.41. The number of H-pyrrole nitrogens is 1. The Balaban J connectivity index is 1.89. The Hall–Kier alpha value is -2.17. The molecule has 5 heteroatoms. The van der Waals surface area contributed by atoms with Crippen molar-refractivity contribution in [2.24, 2.45) is 0 Å². The zero-order chi connectivity index (χ0) is 12.4. The van der Waals surface area contributed by atoms with Gasteiger partial charge in [-0.05, 0) is 25.0 Å². The van der Waals surface area contributed by atoms with E-state index in [1.807, 2.05) is 29.2 Å². The van der Waals surface area contributed by atoms with Gasteiger partial charge in [-0.15, -0.1) is 0 Å². The molecule has 1 aliphatic rings. The maximum absolute atomic E-state index is 12.2. The molecule has 0 saturated carbocycles. The van der Waals surface area contributed by atoms with Gasteiger partial charge >= 0.3 is 0 Å². The summed E-state index contributed by atoms with van der Waals surface area (Å²) in [6.07, 6.45) is 3.67. The fraction of sp³-hybridized carbons (Fsp3) is 0.308. The predicted octanol–water partition coefficient (Wildman–Crippen LogP) is 1.71. The van der Waals surface area contributed by atoms with E-state index in [-0.39, 0.29) is 5.91 Å². The van der Waals surface area contributed by atoms with Crippen molar-refractivity contribution < 1.29 is 4.79 Å². The number of carbonyl (C=O) groups excluding carboxylic acids is 1. The highest BCUT2D eigenvalue weighted by Crippen LogP contribution is 2.18. The third kappa shape index (κ3) is 1.99. The first-order valence-electron chi connectivity index (χ1n) is 6.10. The number of aromatic nitrogens is 3. The smallest absolute Gasteiger partial charge is 0.253 e. The molecule has 1 saturated heterocycles. The number of nitrogens with zero attached hydrogens (tertiary/aromatic N) is 3. The molecule has 5 nitrogen and oxygen atoms in total. The largest absolute Gasteiger partial charge is 0.339 e. The van der Waals surface area contributed by atoms with E-state index in [2.05, 4.69) is 15.2 Å². The standard InChI is InChI=1S/C13H14N4O/c18-13(17-6-1-2-7-17)11-5-3-4-10(8-11)12-14-9-15-16-12/h3-5,8-9H,1-2,6-7H2,(H,14,15,16). The minimum atomic E-state index is 0.105. The van der Waals surface area contributed by atoms with Crippen LogP contribution in [0, 0.1) is 0 Å². The van der Waals surface area contributed by atoms with Gasteiger partial charge < -0.3 is 4.90 Å². The van der Waals surface area contributed by atoms with Gasteiger partial charge in [-0.25, -0.2) is 4.98 Å². The van der Waals surface area contributed by atoms with Crippen molar-refractivity contribution >= 4 is 5.91 Å². The summed E-state index contributed by atoms with van der Waals surface area (Å²) >= 11 is 0. The maximum atomic E-state index is 12.2. The van der Waals surface area contributed by atoms with Crippen LogP contribution in [0.4, 0.5) is 0 Å². The molecule has 0 aliphatic carbocycles. The van der Waals surface area contributed by atoms with Gasteiger partial charge in [0.15, 0.2) is 5.82 Å². The van der Waals surface area contributed by atoms with Crippen LogP contribution in [0.5, 0.6) is 0 Å². The summed E-state index contributed by atoms with van der Waals surface area (Å²) in [6.45, 7) is 1.73. The molecule has 1 amide bonds. The molecule has 2 aromatic rings. The van der Waals surface area contributed by atoms with Crippen LogP contribution in [0.15, 0.2) is 30.6 Å². The van der Waals surface area contributed by atoms with E-state index in [1.165, 1.54) is 6.33 Å². The van der Waals surface area contributed by atoms with Gasteiger partial charge in [0.05, 0.1) is 0 Å². The molecule has 2 heterocycles. The van der Waals surface area contributed by atoms with Crippen LogP contribution in [-0.2, 0) is 0 Å². The minimum absolute atomic E-state index is 0.105. The summed E-state index contributed by atoms with van der Waals surface area (Å²) < 4.78 is 0. The van der Waals surface area contributed by atoms with Gasteiger partial charge in [0.2, 0.25) is 0 Å². The van der Waals surface area contributed by atoms with Crippen LogP contribution in [0.1, 0.15) is 23.2 Å². The monoisotopic (exact) mass is 242 g/mol. The lowest BCUT2D eigenvalue weighted by Crippen LogP contribution is -2.27. The Labute approximate surface area is 105 Å². The molecule has 1 aromatic carbocycles. The lowest BCUT2D eigenvalue weighted by Gasteiger charge is -2.15. The lowest BCUT2D eigenvalue weighted by atomic mass is 10.1.